The number of aromatic nitrogens is 1. The summed E-state index contributed by atoms with van der Waals surface area (Å²) in [7, 11) is 0. The Labute approximate surface area is 148 Å². The number of carbonyl (C=O) groups is 1. The van der Waals surface area contributed by atoms with E-state index < -0.39 is 0 Å². The van der Waals surface area contributed by atoms with Crippen LogP contribution in [0.15, 0.2) is 18.5 Å². The minimum atomic E-state index is -0.205. The quantitative estimate of drug-likeness (QED) is 0.830. The van der Waals surface area contributed by atoms with Gasteiger partial charge in [0.1, 0.15) is 5.60 Å². The Balaban J connectivity index is 1.28. The fourth-order valence-electron chi connectivity index (χ4n) is 4.05. The van der Waals surface area contributed by atoms with Gasteiger partial charge >= 0.3 is 0 Å². The van der Waals surface area contributed by atoms with Gasteiger partial charge in [0.2, 0.25) is 5.91 Å². The third-order valence-corrected chi connectivity index (χ3v) is 5.41. The van der Waals surface area contributed by atoms with E-state index in [0.29, 0.717) is 39.5 Å². The molecule has 0 saturated carbocycles. The fraction of sp³-hybridized carbons (Fsp3) is 0.684. The van der Waals surface area contributed by atoms with Crippen LogP contribution in [-0.4, -0.2) is 60.4 Å². The van der Waals surface area contributed by atoms with E-state index in [1.165, 1.54) is 0 Å². The van der Waals surface area contributed by atoms with Gasteiger partial charge in [0.15, 0.2) is 0 Å². The molecule has 0 radical (unpaired) electrons. The van der Waals surface area contributed by atoms with Crippen molar-refractivity contribution >= 4 is 5.91 Å². The van der Waals surface area contributed by atoms with Gasteiger partial charge in [-0.1, -0.05) is 6.07 Å². The largest absolute Gasteiger partial charge is 0.381 e. The van der Waals surface area contributed by atoms with Gasteiger partial charge in [-0.05, 0) is 30.9 Å². The number of hydrogen-bond acceptors (Lipinski definition) is 5. The van der Waals surface area contributed by atoms with Crippen molar-refractivity contribution in [3.8, 4) is 0 Å². The summed E-state index contributed by atoms with van der Waals surface area (Å²) in [6, 6.07) is 2.11. The summed E-state index contributed by atoms with van der Waals surface area (Å²) in [6.45, 7) is 5.97. The number of carbonyl (C=O) groups excluding carboxylic acids is 1. The molecular formula is C19H26N2O4. The molecule has 2 atom stereocenters. The van der Waals surface area contributed by atoms with Crippen LogP contribution in [0, 0.1) is 12.8 Å². The zero-order valence-corrected chi connectivity index (χ0v) is 14.8. The molecule has 6 nitrogen and oxygen atoms in total. The van der Waals surface area contributed by atoms with Crippen LogP contribution in [0.25, 0.3) is 0 Å². The highest BCUT2D eigenvalue weighted by molar-refractivity contribution is 5.80. The molecule has 4 heterocycles. The highest BCUT2D eigenvalue weighted by atomic mass is 16.5. The predicted octanol–water partition coefficient (Wildman–Crippen LogP) is 1.70. The van der Waals surface area contributed by atoms with E-state index in [9.17, 15) is 4.79 Å². The van der Waals surface area contributed by atoms with E-state index in [1.807, 2.05) is 24.2 Å². The van der Waals surface area contributed by atoms with Gasteiger partial charge in [-0.3, -0.25) is 9.78 Å². The molecule has 0 unspecified atom stereocenters. The van der Waals surface area contributed by atoms with Crippen molar-refractivity contribution in [1.29, 1.82) is 0 Å². The molecule has 6 heteroatoms. The van der Waals surface area contributed by atoms with Gasteiger partial charge in [0.05, 0.1) is 38.3 Å². The van der Waals surface area contributed by atoms with Gasteiger partial charge in [0, 0.05) is 32.0 Å². The molecular weight excluding hydrogens is 320 g/mol. The van der Waals surface area contributed by atoms with Crippen LogP contribution >= 0.6 is 0 Å². The molecule has 0 bridgehead atoms. The summed E-state index contributed by atoms with van der Waals surface area (Å²) in [6.07, 6.45) is 6.50. The Morgan fingerprint density at radius 1 is 1.36 bits per heavy atom. The lowest BCUT2D eigenvalue weighted by molar-refractivity contribution is -0.204. The van der Waals surface area contributed by atoms with E-state index in [2.05, 4.69) is 11.1 Å². The first-order chi connectivity index (χ1) is 12.1. The number of amides is 1. The zero-order valence-electron chi connectivity index (χ0n) is 14.8. The molecule has 3 aliphatic heterocycles. The fourth-order valence-corrected chi connectivity index (χ4v) is 4.05. The first-order valence-corrected chi connectivity index (χ1v) is 9.16. The third-order valence-electron chi connectivity index (χ3n) is 5.41. The number of ether oxygens (including phenoxy) is 3. The predicted molar refractivity (Wildman–Crippen MR) is 91.0 cm³/mol. The number of rotatable bonds is 4. The lowest BCUT2D eigenvalue weighted by Crippen LogP contribution is -2.68. The van der Waals surface area contributed by atoms with Crippen molar-refractivity contribution in [2.24, 2.45) is 5.92 Å². The molecule has 3 aliphatic rings. The summed E-state index contributed by atoms with van der Waals surface area (Å²) >= 11 is 0. The summed E-state index contributed by atoms with van der Waals surface area (Å²) < 4.78 is 17.5. The smallest absolute Gasteiger partial charge is 0.228 e. The maximum absolute atomic E-state index is 12.4. The van der Waals surface area contributed by atoms with Crippen LogP contribution in [0.1, 0.15) is 30.4 Å². The number of hydrogen-bond donors (Lipinski definition) is 0. The van der Waals surface area contributed by atoms with Crippen molar-refractivity contribution in [3.05, 3.63) is 29.6 Å². The van der Waals surface area contributed by atoms with Crippen LogP contribution in [0.3, 0.4) is 0 Å². The van der Waals surface area contributed by atoms with Crippen molar-refractivity contribution in [3.63, 3.8) is 0 Å². The van der Waals surface area contributed by atoms with Crippen molar-refractivity contribution < 1.29 is 19.0 Å². The van der Waals surface area contributed by atoms with Crippen LogP contribution < -0.4 is 0 Å². The molecule has 0 N–H and O–H groups in total. The molecule has 0 aromatic carbocycles. The number of likely N-dealkylation sites (tertiary alicyclic amines) is 1. The van der Waals surface area contributed by atoms with E-state index in [0.717, 1.165) is 30.4 Å². The van der Waals surface area contributed by atoms with Gasteiger partial charge in [-0.2, -0.15) is 0 Å². The highest BCUT2D eigenvalue weighted by Gasteiger charge is 2.50. The van der Waals surface area contributed by atoms with Gasteiger partial charge < -0.3 is 19.1 Å². The maximum atomic E-state index is 12.4. The summed E-state index contributed by atoms with van der Waals surface area (Å²) in [5, 5.41) is 0. The monoisotopic (exact) mass is 346 g/mol. The number of nitrogens with zero attached hydrogens (tertiary/aromatic N) is 2. The average molecular weight is 346 g/mol. The summed E-state index contributed by atoms with van der Waals surface area (Å²) in [5.74, 6) is 0.266. The van der Waals surface area contributed by atoms with Crippen LogP contribution in [-0.2, 0) is 25.6 Å². The second kappa shape index (κ2) is 7.02. The Hall–Kier alpha value is -1.50. The normalized spacial score (nSPS) is 28.1. The molecule has 3 fully saturated rings. The Bertz CT molecular complexity index is 624. The third kappa shape index (κ3) is 3.71. The molecule has 1 aromatic rings. The number of pyridine rings is 1. The second-order valence-electron chi connectivity index (χ2n) is 7.58. The van der Waals surface area contributed by atoms with Crippen molar-refractivity contribution in [2.45, 2.75) is 44.5 Å². The second-order valence-corrected chi connectivity index (χ2v) is 7.58. The minimum Gasteiger partial charge on any atom is -0.381 e. The molecule has 1 spiro atoms. The number of aryl methyl sites for hydroxylation is 1. The van der Waals surface area contributed by atoms with Crippen molar-refractivity contribution in [2.75, 3.05) is 32.9 Å². The standard InChI is InChI=1S/C19H26N2O4/c1-14-6-15(9-20-8-14)10-24-17-3-5-25-19(7-17)12-21(13-19)18(22)16-2-4-23-11-16/h6,8-9,16-17H,2-5,7,10-13H2,1H3/t16-,17+/m0/s1. The SMILES string of the molecule is Cc1cncc(CO[C@@H]2CCOC3(C2)CN(C(=O)[C@H]2CCOC2)C3)c1. The molecule has 25 heavy (non-hydrogen) atoms. The zero-order chi connectivity index (χ0) is 17.3. The van der Waals surface area contributed by atoms with E-state index >= 15 is 0 Å². The molecule has 3 saturated heterocycles. The van der Waals surface area contributed by atoms with E-state index in [-0.39, 0.29) is 23.5 Å². The van der Waals surface area contributed by atoms with Crippen LogP contribution in [0.5, 0.6) is 0 Å². The molecule has 1 amide bonds. The molecule has 1 aromatic heterocycles. The highest BCUT2D eigenvalue weighted by Crippen LogP contribution is 2.36. The molecule has 4 rings (SSSR count). The molecule has 0 aliphatic carbocycles. The minimum absolute atomic E-state index is 0.0433. The van der Waals surface area contributed by atoms with Crippen LogP contribution in [0.4, 0.5) is 0 Å². The van der Waals surface area contributed by atoms with E-state index in [4.69, 9.17) is 14.2 Å². The summed E-state index contributed by atoms with van der Waals surface area (Å²) in [4.78, 5) is 18.6. The van der Waals surface area contributed by atoms with Gasteiger partial charge in [-0.15, -0.1) is 0 Å². The summed E-state index contributed by atoms with van der Waals surface area (Å²) in [5.41, 5.74) is 2.05. The Morgan fingerprint density at radius 3 is 3.00 bits per heavy atom. The lowest BCUT2D eigenvalue weighted by Gasteiger charge is -2.53. The topological polar surface area (TPSA) is 60.9 Å². The van der Waals surface area contributed by atoms with Crippen LogP contribution in [0.2, 0.25) is 0 Å². The Kier molecular flexibility index (Phi) is 4.75. The lowest BCUT2D eigenvalue weighted by atomic mass is 9.84. The first-order valence-electron chi connectivity index (χ1n) is 9.16. The van der Waals surface area contributed by atoms with Gasteiger partial charge in [0.25, 0.3) is 0 Å². The van der Waals surface area contributed by atoms with Crippen molar-refractivity contribution in [1.82, 2.24) is 9.88 Å². The first kappa shape index (κ1) is 16.9. The Morgan fingerprint density at radius 2 is 2.24 bits per heavy atom. The average Bonchev–Trinajstić information content (AvgIpc) is 3.12. The van der Waals surface area contributed by atoms with Gasteiger partial charge in [-0.25, -0.2) is 0 Å². The maximum Gasteiger partial charge on any atom is 0.228 e. The van der Waals surface area contributed by atoms with E-state index in [1.54, 1.807) is 0 Å². The molecule has 136 valence electrons.